The first-order chi connectivity index (χ1) is 8.56. The van der Waals surface area contributed by atoms with Gasteiger partial charge in [0.1, 0.15) is 5.75 Å². The molecule has 92 valence electrons. The van der Waals surface area contributed by atoms with Crippen LogP contribution in [-0.4, -0.2) is 9.91 Å². The number of hydrogen-bond acceptors (Lipinski definition) is 4. The van der Waals surface area contributed by atoms with Crippen LogP contribution in [-0.2, 0) is 0 Å². The number of aryl methyl sites for hydroxylation is 1. The van der Waals surface area contributed by atoms with Gasteiger partial charge in [-0.3, -0.25) is 10.1 Å². The predicted molar refractivity (Wildman–Crippen MR) is 74.9 cm³/mol. The van der Waals surface area contributed by atoms with Crippen LogP contribution in [0.3, 0.4) is 0 Å². The lowest BCUT2D eigenvalue weighted by Crippen LogP contribution is -1.97. The molecule has 1 heterocycles. The molecule has 2 rings (SSSR count). The summed E-state index contributed by atoms with van der Waals surface area (Å²) in [7, 11) is 0. The van der Waals surface area contributed by atoms with E-state index in [1.807, 2.05) is 12.1 Å². The van der Waals surface area contributed by atoms with Crippen LogP contribution in [0.2, 0.25) is 0 Å². The van der Waals surface area contributed by atoms with Crippen molar-refractivity contribution in [3.8, 4) is 11.6 Å². The van der Waals surface area contributed by atoms with Gasteiger partial charge in [0, 0.05) is 15.3 Å². The summed E-state index contributed by atoms with van der Waals surface area (Å²) in [6.45, 7) is 1.75. The van der Waals surface area contributed by atoms with Gasteiger partial charge in [-0.05, 0) is 59.8 Å². The zero-order valence-electron chi connectivity index (χ0n) is 9.46. The number of ether oxygens (including phenoxy) is 1. The Labute approximate surface area is 117 Å². The van der Waals surface area contributed by atoms with Crippen molar-refractivity contribution in [3.63, 3.8) is 0 Å². The quantitative estimate of drug-likeness (QED) is 0.478. The number of pyridine rings is 1. The molecular formula is C12H9IN2O3. The fourth-order valence-electron chi connectivity index (χ4n) is 1.35. The smallest absolute Gasteiger partial charge is 0.331 e. The van der Waals surface area contributed by atoms with Crippen molar-refractivity contribution >= 4 is 28.3 Å². The van der Waals surface area contributed by atoms with Crippen LogP contribution in [0.25, 0.3) is 0 Å². The molecule has 5 nitrogen and oxygen atoms in total. The summed E-state index contributed by atoms with van der Waals surface area (Å²) in [5.74, 6) is 0.540. The number of rotatable bonds is 3. The number of halogens is 1. The van der Waals surface area contributed by atoms with E-state index < -0.39 is 4.92 Å². The van der Waals surface area contributed by atoms with Crippen LogP contribution in [0, 0.1) is 20.6 Å². The van der Waals surface area contributed by atoms with Gasteiger partial charge in [-0.2, -0.15) is 0 Å². The van der Waals surface area contributed by atoms with E-state index in [-0.39, 0.29) is 11.6 Å². The summed E-state index contributed by atoms with van der Waals surface area (Å²) in [6.07, 6.45) is 0. The fourth-order valence-corrected chi connectivity index (χ4v) is 1.71. The normalized spacial score (nSPS) is 10.1. The topological polar surface area (TPSA) is 65.3 Å². The molecule has 2 aromatic rings. The average molecular weight is 356 g/mol. The highest BCUT2D eigenvalue weighted by Gasteiger charge is 2.17. The molecule has 1 aromatic carbocycles. The lowest BCUT2D eigenvalue weighted by Gasteiger charge is -2.05. The van der Waals surface area contributed by atoms with E-state index in [2.05, 4.69) is 27.6 Å². The highest BCUT2D eigenvalue weighted by atomic mass is 127. The molecule has 6 heteroatoms. The van der Waals surface area contributed by atoms with Gasteiger partial charge in [-0.25, -0.2) is 4.98 Å². The van der Waals surface area contributed by atoms with Gasteiger partial charge in [0.2, 0.25) is 0 Å². The summed E-state index contributed by atoms with van der Waals surface area (Å²) >= 11 is 2.17. The SMILES string of the molecule is Cc1ccc([N+](=O)[O-])c(Oc2ccc(I)cc2)n1. The Morgan fingerprint density at radius 2 is 1.89 bits per heavy atom. The number of aromatic nitrogens is 1. The van der Waals surface area contributed by atoms with Crippen molar-refractivity contribution in [3.05, 3.63) is 55.8 Å². The van der Waals surface area contributed by atoms with Gasteiger partial charge < -0.3 is 4.74 Å². The molecular weight excluding hydrogens is 347 g/mol. The second-order valence-corrected chi connectivity index (χ2v) is 4.84. The van der Waals surface area contributed by atoms with E-state index in [0.29, 0.717) is 11.4 Å². The molecule has 0 saturated heterocycles. The van der Waals surface area contributed by atoms with E-state index in [0.717, 1.165) is 3.57 Å². The lowest BCUT2D eigenvalue weighted by atomic mass is 10.3. The summed E-state index contributed by atoms with van der Waals surface area (Å²) in [5.41, 5.74) is 0.528. The number of nitro groups is 1. The minimum absolute atomic E-state index is 0.0150. The highest BCUT2D eigenvalue weighted by molar-refractivity contribution is 14.1. The molecule has 0 N–H and O–H groups in total. The first kappa shape index (κ1) is 12.7. The number of nitrogens with zero attached hydrogens (tertiary/aromatic N) is 2. The average Bonchev–Trinajstić information content (AvgIpc) is 2.32. The Hall–Kier alpha value is -1.70. The number of benzene rings is 1. The first-order valence-corrected chi connectivity index (χ1v) is 6.19. The molecule has 0 atom stereocenters. The van der Waals surface area contributed by atoms with E-state index in [4.69, 9.17) is 4.74 Å². The molecule has 0 radical (unpaired) electrons. The Morgan fingerprint density at radius 3 is 2.50 bits per heavy atom. The van der Waals surface area contributed by atoms with Crippen molar-refractivity contribution in [2.24, 2.45) is 0 Å². The maximum absolute atomic E-state index is 10.9. The molecule has 0 aliphatic carbocycles. The molecule has 0 spiro atoms. The van der Waals surface area contributed by atoms with Gasteiger partial charge in [0.25, 0.3) is 5.88 Å². The van der Waals surface area contributed by atoms with Crippen LogP contribution in [0.5, 0.6) is 11.6 Å². The van der Waals surface area contributed by atoms with E-state index in [1.165, 1.54) is 6.07 Å². The van der Waals surface area contributed by atoms with Crippen LogP contribution in [0.15, 0.2) is 36.4 Å². The Morgan fingerprint density at radius 1 is 1.22 bits per heavy atom. The maximum Gasteiger partial charge on any atom is 0.331 e. The minimum atomic E-state index is -0.505. The molecule has 0 saturated carbocycles. The summed E-state index contributed by atoms with van der Waals surface area (Å²) in [4.78, 5) is 14.4. The Bertz CT molecular complexity index is 584. The van der Waals surface area contributed by atoms with E-state index in [1.54, 1.807) is 25.1 Å². The van der Waals surface area contributed by atoms with Crippen molar-refractivity contribution in [1.82, 2.24) is 4.98 Å². The number of hydrogen-bond donors (Lipinski definition) is 0. The molecule has 0 aliphatic heterocycles. The summed E-state index contributed by atoms with van der Waals surface area (Å²) in [5, 5.41) is 10.9. The van der Waals surface area contributed by atoms with E-state index in [9.17, 15) is 10.1 Å². The van der Waals surface area contributed by atoms with Crippen molar-refractivity contribution < 1.29 is 9.66 Å². The third-order valence-corrected chi connectivity index (χ3v) is 2.92. The second kappa shape index (κ2) is 5.30. The molecule has 1 aromatic heterocycles. The zero-order chi connectivity index (χ0) is 13.1. The van der Waals surface area contributed by atoms with Gasteiger partial charge in [-0.15, -0.1) is 0 Å². The van der Waals surface area contributed by atoms with Gasteiger partial charge in [-0.1, -0.05) is 0 Å². The maximum atomic E-state index is 10.9. The fraction of sp³-hybridized carbons (Fsp3) is 0.0833. The molecule has 18 heavy (non-hydrogen) atoms. The minimum Gasteiger partial charge on any atom is -0.434 e. The van der Waals surface area contributed by atoms with E-state index >= 15 is 0 Å². The third-order valence-electron chi connectivity index (χ3n) is 2.20. The largest absolute Gasteiger partial charge is 0.434 e. The summed E-state index contributed by atoms with van der Waals surface area (Å²) < 4.78 is 6.51. The molecule has 0 aliphatic rings. The van der Waals surface area contributed by atoms with Crippen LogP contribution in [0.4, 0.5) is 5.69 Å². The zero-order valence-corrected chi connectivity index (χ0v) is 11.6. The second-order valence-electron chi connectivity index (χ2n) is 3.59. The van der Waals surface area contributed by atoms with Crippen LogP contribution >= 0.6 is 22.6 Å². The lowest BCUT2D eigenvalue weighted by molar-refractivity contribution is -0.386. The molecule has 0 amide bonds. The highest BCUT2D eigenvalue weighted by Crippen LogP contribution is 2.29. The van der Waals surface area contributed by atoms with Crippen molar-refractivity contribution in [1.29, 1.82) is 0 Å². The molecule has 0 bridgehead atoms. The standard InChI is InChI=1S/C12H9IN2O3/c1-8-2-7-11(15(16)17)12(14-8)18-10-5-3-9(13)4-6-10/h2-7H,1H3. The predicted octanol–water partition coefficient (Wildman–Crippen LogP) is 3.70. The van der Waals surface area contributed by atoms with Crippen molar-refractivity contribution in [2.45, 2.75) is 6.92 Å². The molecule has 0 unspecified atom stereocenters. The first-order valence-electron chi connectivity index (χ1n) is 5.12. The molecule has 0 fully saturated rings. The Kier molecular flexibility index (Phi) is 3.75. The van der Waals surface area contributed by atoms with Crippen molar-refractivity contribution in [2.75, 3.05) is 0 Å². The summed E-state index contributed by atoms with van der Waals surface area (Å²) in [6, 6.07) is 10.2. The van der Waals surface area contributed by atoms with Gasteiger partial charge in [0.15, 0.2) is 0 Å². The third kappa shape index (κ3) is 2.95. The monoisotopic (exact) mass is 356 g/mol. The van der Waals surface area contributed by atoms with Crippen LogP contribution in [0.1, 0.15) is 5.69 Å². The van der Waals surface area contributed by atoms with Crippen LogP contribution < -0.4 is 4.74 Å². The van der Waals surface area contributed by atoms with Gasteiger partial charge in [0.05, 0.1) is 4.92 Å². The Balaban J connectivity index is 2.35. The van der Waals surface area contributed by atoms with Gasteiger partial charge >= 0.3 is 5.69 Å².